The molecule has 0 saturated carbocycles. The van der Waals surface area contributed by atoms with Crippen LogP contribution >= 0.6 is 0 Å². The third kappa shape index (κ3) is 1.32. The number of para-hydroxylation sites is 2. The minimum atomic E-state index is 0.175. The van der Waals surface area contributed by atoms with Crippen molar-refractivity contribution < 1.29 is 5.11 Å². The number of aromatic amines is 1. The van der Waals surface area contributed by atoms with Crippen molar-refractivity contribution in [3.8, 4) is 17.1 Å². The summed E-state index contributed by atoms with van der Waals surface area (Å²) in [7, 11) is 0. The van der Waals surface area contributed by atoms with Crippen molar-refractivity contribution in [3.63, 3.8) is 0 Å². The highest BCUT2D eigenvalue weighted by Crippen LogP contribution is 2.26. The number of hydrogen-bond donors (Lipinski definition) is 2. The minimum Gasteiger partial charge on any atom is -0.507 e. The van der Waals surface area contributed by atoms with Gasteiger partial charge in [-0.1, -0.05) is 12.1 Å². The van der Waals surface area contributed by atoms with Gasteiger partial charge in [-0.15, -0.1) is 0 Å². The van der Waals surface area contributed by atoms with Crippen molar-refractivity contribution in [3.05, 3.63) is 42.7 Å². The Labute approximate surface area is 91.6 Å². The molecule has 0 atom stereocenters. The van der Waals surface area contributed by atoms with Crippen LogP contribution in [0.15, 0.2) is 42.7 Å². The van der Waals surface area contributed by atoms with Crippen LogP contribution in [0.5, 0.6) is 5.75 Å². The van der Waals surface area contributed by atoms with E-state index >= 15 is 0 Å². The van der Waals surface area contributed by atoms with E-state index in [1.54, 1.807) is 18.5 Å². The van der Waals surface area contributed by atoms with E-state index in [9.17, 15) is 5.11 Å². The van der Waals surface area contributed by atoms with E-state index in [0.717, 1.165) is 11.0 Å². The highest BCUT2D eigenvalue weighted by molar-refractivity contribution is 5.80. The molecule has 0 aliphatic rings. The molecule has 0 amide bonds. The van der Waals surface area contributed by atoms with Crippen LogP contribution in [0.25, 0.3) is 22.4 Å². The lowest BCUT2D eigenvalue weighted by atomic mass is 10.2. The Morgan fingerprint density at radius 3 is 2.81 bits per heavy atom. The fourth-order valence-corrected chi connectivity index (χ4v) is 1.65. The summed E-state index contributed by atoms with van der Waals surface area (Å²) in [6.45, 7) is 0. The van der Waals surface area contributed by atoms with Gasteiger partial charge in [0.2, 0.25) is 0 Å². The number of imidazole rings is 1. The topological polar surface area (TPSA) is 61.8 Å². The molecule has 3 aromatic rings. The van der Waals surface area contributed by atoms with Gasteiger partial charge in [0.1, 0.15) is 11.6 Å². The van der Waals surface area contributed by atoms with E-state index in [2.05, 4.69) is 15.0 Å². The van der Waals surface area contributed by atoms with E-state index in [4.69, 9.17) is 0 Å². The van der Waals surface area contributed by atoms with Crippen molar-refractivity contribution >= 4 is 11.0 Å². The maximum absolute atomic E-state index is 9.69. The van der Waals surface area contributed by atoms with Gasteiger partial charge in [0.05, 0.1) is 16.6 Å². The summed E-state index contributed by atoms with van der Waals surface area (Å²) in [5, 5.41) is 9.69. The SMILES string of the molecule is Oc1ccncc1-c1nc2ccccc2[nH]1. The highest BCUT2D eigenvalue weighted by atomic mass is 16.3. The Balaban J connectivity index is 2.23. The maximum atomic E-state index is 9.69. The second-order valence-electron chi connectivity index (χ2n) is 3.50. The molecule has 0 fully saturated rings. The van der Waals surface area contributed by atoms with E-state index in [1.165, 1.54) is 0 Å². The van der Waals surface area contributed by atoms with Crippen LogP contribution in [0.2, 0.25) is 0 Å². The van der Waals surface area contributed by atoms with Gasteiger partial charge in [-0.3, -0.25) is 4.98 Å². The number of pyridine rings is 1. The second-order valence-corrected chi connectivity index (χ2v) is 3.50. The lowest BCUT2D eigenvalue weighted by Gasteiger charge is -1.98. The minimum absolute atomic E-state index is 0.175. The fourth-order valence-electron chi connectivity index (χ4n) is 1.65. The zero-order chi connectivity index (χ0) is 11.0. The van der Waals surface area contributed by atoms with Gasteiger partial charge in [0, 0.05) is 12.4 Å². The second kappa shape index (κ2) is 3.34. The lowest BCUT2D eigenvalue weighted by molar-refractivity contribution is 0.476. The number of nitrogens with one attached hydrogen (secondary N) is 1. The van der Waals surface area contributed by atoms with Crippen LogP contribution in [0.4, 0.5) is 0 Å². The molecule has 0 radical (unpaired) electrons. The number of rotatable bonds is 1. The normalized spacial score (nSPS) is 10.8. The van der Waals surface area contributed by atoms with E-state index in [-0.39, 0.29) is 5.75 Å². The molecule has 2 heterocycles. The molecule has 4 heteroatoms. The summed E-state index contributed by atoms with van der Waals surface area (Å²) < 4.78 is 0. The average molecular weight is 211 g/mol. The number of aromatic hydroxyl groups is 1. The van der Waals surface area contributed by atoms with E-state index in [0.29, 0.717) is 11.4 Å². The van der Waals surface area contributed by atoms with Crippen molar-refractivity contribution in [2.75, 3.05) is 0 Å². The van der Waals surface area contributed by atoms with Crippen LogP contribution in [0, 0.1) is 0 Å². The number of hydrogen-bond acceptors (Lipinski definition) is 3. The summed E-state index contributed by atoms with van der Waals surface area (Å²) in [6, 6.07) is 9.27. The zero-order valence-corrected chi connectivity index (χ0v) is 8.38. The van der Waals surface area contributed by atoms with Crippen molar-refractivity contribution in [1.29, 1.82) is 0 Å². The Kier molecular flexibility index (Phi) is 1.86. The van der Waals surface area contributed by atoms with Gasteiger partial charge in [-0.25, -0.2) is 4.98 Å². The molecule has 78 valence electrons. The summed E-state index contributed by atoms with van der Waals surface area (Å²) >= 11 is 0. The van der Waals surface area contributed by atoms with Crippen molar-refractivity contribution in [2.24, 2.45) is 0 Å². The number of nitrogens with zero attached hydrogens (tertiary/aromatic N) is 2. The summed E-state index contributed by atoms with van der Waals surface area (Å²) in [5.41, 5.74) is 2.43. The van der Waals surface area contributed by atoms with Gasteiger partial charge in [-0.2, -0.15) is 0 Å². The van der Waals surface area contributed by atoms with Crippen LogP contribution < -0.4 is 0 Å². The number of benzene rings is 1. The van der Waals surface area contributed by atoms with Crippen molar-refractivity contribution in [1.82, 2.24) is 15.0 Å². The Morgan fingerprint density at radius 2 is 2.00 bits per heavy atom. The molecule has 0 unspecified atom stereocenters. The molecule has 2 aromatic heterocycles. The van der Waals surface area contributed by atoms with Crippen LogP contribution in [-0.4, -0.2) is 20.1 Å². The molecule has 0 saturated heterocycles. The van der Waals surface area contributed by atoms with Gasteiger partial charge in [0.15, 0.2) is 0 Å². The maximum Gasteiger partial charge on any atom is 0.143 e. The van der Waals surface area contributed by atoms with Gasteiger partial charge in [-0.05, 0) is 18.2 Å². The first kappa shape index (κ1) is 8.91. The van der Waals surface area contributed by atoms with E-state index < -0.39 is 0 Å². The molecule has 4 nitrogen and oxygen atoms in total. The Morgan fingerprint density at radius 1 is 1.12 bits per heavy atom. The number of H-pyrrole nitrogens is 1. The molecule has 0 aliphatic carbocycles. The van der Waals surface area contributed by atoms with Crippen LogP contribution in [0.3, 0.4) is 0 Å². The van der Waals surface area contributed by atoms with Crippen molar-refractivity contribution in [2.45, 2.75) is 0 Å². The Hall–Kier alpha value is -2.36. The molecule has 1 aromatic carbocycles. The third-order valence-electron chi connectivity index (χ3n) is 2.44. The molecule has 0 aliphatic heterocycles. The van der Waals surface area contributed by atoms with Gasteiger partial charge >= 0.3 is 0 Å². The summed E-state index contributed by atoms with van der Waals surface area (Å²) in [6.07, 6.45) is 3.13. The molecule has 2 N–H and O–H groups in total. The van der Waals surface area contributed by atoms with Crippen LogP contribution in [-0.2, 0) is 0 Å². The quantitative estimate of drug-likeness (QED) is 0.649. The molecule has 3 rings (SSSR count). The van der Waals surface area contributed by atoms with Crippen LogP contribution in [0.1, 0.15) is 0 Å². The third-order valence-corrected chi connectivity index (χ3v) is 2.44. The standard InChI is InChI=1S/C12H9N3O/c16-11-5-6-13-7-8(11)12-14-9-3-1-2-4-10(9)15-12/h1-7H,(H,13,16)(H,14,15). The summed E-state index contributed by atoms with van der Waals surface area (Å²) in [4.78, 5) is 11.5. The van der Waals surface area contributed by atoms with Gasteiger partial charge in [0.25, 0.3) is 0 Å². The first-order chi connectivity index (χ1) is 7.84. The fraction of sp³-hybridized carbons (Fsp3) is 0. The Bertz CT molecular complexity index is 612. The van der Waals surface area contributed by atoms with E-state index in [1.807, 2.05) is 24.3 Å². The van der Waals surface area contributed by atoms with Gasteiger partial charge < -0.3 is 10.1 Å². The molecule has 0 spiro atoms. The first-order valence-electron chi connectivity index (χ1n) is 4.93. The molecular formula is C12H9N3O. The monoisotopic (exact) mass is 211 g/mol. The smallest absolute Gasteiger partial charge is 0.143 e. The predicted octanol–water partition coefficient (Wildman–Crippen LogP) is 2.33. The molecular weight excluding hydrogens is 202 g/mol. The zero-order valence-electron chi connectivity index (χ0n) is 8.38. The highest BCUT2D eigenvalue weighted by Gasteiger charge is 2.08. The average Bonchev–Trinajstić information content (AvgIpc) is 2.73. The largest absolute Gasteiger partial charge is 0.507 e. The molecule has 0 bridgehead atoms. The number of fused-ring (bicyclic) bond motifs is 1. The predicted molar refractivity (Wildman–Crippen MR) is 61.0 cm³/mol. The number of aromatic nitrogens is 3. The summed E-state index contributed by atoms with van der Waals surface area (Å²) in [5.74, 6) is 0.806. The molecule has 16 heavy (non-hydrogen) atoms. The first-order valence-corrected chi connectivity index (χ1v) is 4.93. The lowest BCUT2D eigenvalue weighted by Crippen LogP contribution is -1.82.